The van der Waals surface area contributed by atoms with Crippen molar-refractivity contribution >= 4 is 0 Å². The third kappa shape index (κ3) is 1.37. The SMILES string of the molecule is CCN1CC2COCC(C1)C2O. The average Bonchev–Trinajstić information content (AvgIpc) is 2.04. The largest absolute Gasteiger partial charge is 0.392 e. The molecule has 2 aliphatic heterocycles. The summed E-state index contributed by atoms with van der Waals surface area (Å²) in [5, 5.41) is 9.80. The Morgan fingerprint density at radius 2 is 1.92 bits per heavy atom. The molecule has 3 heteroatoms. The molecule has 2 bridgehead atoms. The lowest BCUT2D eigenvalue weighted by Gasteiger charge is -2.44. The van der Waals surface area contributed by atoms with Crippen LogP contribution in [0.2, 0.25) is 0 Å². The van der Waals surface area contributed by atoms with Crippen LogP contribution in [0, 0.1) is 11.8 Å². The molecule has 0 amide bonds. The van der Waals surface area contributed by atoms with Gasteiger partial charge in [-0.15, -0.1) is 0 Å². The van der Waals surface area contributed by atoms with Crippen molar-refractivity contribution < 1.29 is 9.84 Å². The molecule has 12 heavy (non-hydrogen) atoms. The lowest BCUT2D eigenvalue weighted by Crippen LogP contribution is -2.55. The van der Waals surface area contributed by atoms with Crippen molar-refractivity contribution in [3.05, 3.63) is 0 Å². The number of aliphatic hydroxyl groups is 1. The maximum Gasteiger partial charge on any atom is 0.0665 e. The molecule has 0 aromatic heterocycles. The molecule has 2 aliphatic rings. The van der Waals surface area contributed by atoms with Gasteiger partial charge < -0.3 is 14.7 Å². The van der Waals surface area contributed by atoms with Crippen LogP contribution in [-0.2, 0) is 4.74 Å². The molecule has 2 saturated heterocycles. The first kappa shape index (κ1) is 8.48. The number of rotatable bonds is 1. The molecule has 0 aliphatic carbocycles. The van der Waals surface area contributed by atoms with E-state index in [-0.39, 0.29) is 6.10 Å². The van der Waals surface area contributed by atoms with Crippen molar-refractivity contribution in [1.82, 2.24) is 4.90 Å². The van der Waals surface area contributed by atoms with Crippen molar-refractivity contribution in [2.45, 2.75) is 13.0 Å². The highest BCUT2D eigenvalue weighted by Gasteiger charge is 2.38. The molecule has 2 rings (SSSR count). The topological polar surface area (TPSA) is 32.7 Å². The number of likely N-dealkylation sites (tertiary alicyclic amines) is 1. The van der Waals surface area contributed by atoms with Gasteiger partial charge in [0.1, 0.15) is 0 Å². The Balaban J connectivity index is 2.02. The zero-order chi connectivity index (χ0) is 8.55. The zero-order valence-corrected chi connectivity index (χ0v) is 7.57. The van der Waals surface area contributed by atoms with Gasteiger partial charge in [-0.1, -0.05) is 6.92 Å². The maximum atomic E-state index is 9.80. The second-order valence-electron chi connectivity index (χ2n) is 3.90. The molecule has 0 spiro atoms. The van der Waals surface area contributed by atoms with Gasteiger partial charge in [-0.25, -0.2) is 0 Å². The summed E-state index contributed by atoms with van der Waals surface area (Å²) in [7, 11) is 0. The number of hydrogen-bond acceptors (Lipinski definition) is 3. The molecular weight excluding hydrogens is 154 g/mol. The van der Waals surface area contributed by atoms with Crippen LogP contribution in [0.4, 0.5) is 0 Å². The van der Waals surface area contributed by atoms with Crippen LogP contribution in [0.5, 0.6) is 0 Å². The van der Waals surface area contributed by atoms with E-state index in [2.05, 4.69) is 11.8 Å². The van der Waals surface area contributed by atoms with Gasteiger partial charge in [0, 0.05) is 24.9 Å². The van der Waals surface area contributed by atoms with E-state index in [9.17, 15) is 5.11 Å². The molecule has 0 radical (unpaired) electrons. The number of piperidine rings is 1. The minimum Gasteiger partial charge on any atom is -0.392 e. The number of fused-ring (bicyclic) bond motifs is 2. The minimum atomic E-state index is -0.110. The van der Waals surface area contributed by atoms with Gasteiger partial charge in [-0.3, -0.25) is 0 Å². The fourth-order valence-corrected chi connectivity index (χ4v) is 2.27. The molecule has 0 aromatic rings. The average molecular weight is 171 g/mol. The monoisotopic (exact) mass is 171 g/mol. The molecule has 0 saturated carbocycles. The van der Waals surface area contributed by atoms with Gasteiger partial charge in [0.05, 0.1) is 19.3 Å². The molecule has 1 N–H and O–H groups in total. The Morgan fingerprint density at radius 1 is 1.33 bits per heavy atom. The standard InChI is InChI=1S/C9H17NO2/c1-2-10-3-7-5-12-6-8(4-10)9(7)11/h7-9,11H,2-6H2,1H3. The van der Waals surface area contributed by atoms with Gasteiger partial charge in [-0.05, 0) is 6.54 Å². The number of nitrogens with zero attached hydrogens (tertiary/aromatic N) is 1. The van der Waals surface area contributed by atoms with Crippen LogP contribution < -0.4 is 0 Å². The van der Waals surface area contributed by atoms with Crippen molar-refractivity contribution in [3.8, 4) is 0 Å². The molecule has 2 fully saturated rings. The first-order valence-electron chi connectivity index (χ1n) is 4.79. The Kier molecular flexibility index (Phi) is 2.35. The van der Waals surface area contributed by atoms with E-state index in [1.165, 1.54) is 0 Å². The van der Waals surface area contributed by atoms with E-state index in [1.807, 2.05) is 0 Å². The van der Waals surface area contributed by atoms with E-state index >= 15 is 0 Å². The Hall–Kier alpha value is -0.120. The molecule has 3 nitrogen and oxygen atoms in total. The molecule has 70 valence electrons. The quantitative estimate of drug-likeness (QED) is 0.600. The summed E-state index contributed by atoms with van der Waals surface area (Å²) in [5.74, 6) is 0.717. The molecule has 2 heterocycles. The smallest absolute Gasteiger partial charge is 0.0665 e. The number of hydrogen-bond donors (Lipinski definition) is 1. The van der Waals surface area contributed by atoms with E-state index in [0.717, 1.165) is 32.8 Å². The summed E-state index contributed by atoms with van der Waals surface area (Å²) in [6, 6.07) is 0. The molecule has 0 aromatic carbocycles. The van der Waals surface area contributed by atoms with Crippen molar-refractivity contribution in [3.63, 3.8) is 0 Å². The van der Waals surface area contributed by atoms with Crippen LogP contribution in [0.25, 0.3) is 0 Å². The zero-order valence-electron chi connectivity index (χ0n) is 7.57. The summed E-state index contributed by atoms with van der Waals surface area (Å²) in [6.07, 6.45) is -0.110. The second-order valence-corrected chi connectivity index (χ2v) is 3.90. The predicted molar refractivity (Wildman–Crippen MR) is 45.9 cm³/mol. The first-order valence-corrected chi connectivity index (χ1v) is 4.79. The van der Waals surface area contributed by atoms with Gasteiger partial charge in [-0.2, -0.15) is 0 Å². The maximum absolute atomic E-state index is 9.80. The van der Waals surface area contributed by atoms with Gasteiger partial charge in [0.2, 0.25) is 0 Å². The predicted octanol–water partition coefficient (Wildman–Crippen LogP) is -0.0546. The van der Waals surface area contributed by atoms with Crippen LogP contribution in [0.1, 0.15) is 6.92 Å². The van der Waals surface area contributed by atoms with Crippen molar-refractivity contribution in [1.29, 1.82) is 0 Å². The van der Waals surface area contributed by atoms with Crippen molar-refractivity contribution in [2.24, 2.45) is 11.8 Å². The van der Waals surface area contributed by atoms with E-state index in [1.54, 1.807) is 0 Å². The van der Waals surface area contributed by atoms with E-state index in [0.29, 0.717) is 11.8 Å². The van der Waals surface area contributed by atoms with E-state index < -0.39 is 0 Å². The lowest BCUT2D eigenvalue weighted by molar-refractivity contribution is -0.122. The second kappa shape index (κ2) is 3.32. The number of ether oxygens (including phenoxy) is 1. The Labute approximate surface area is 73.3 Å². The van der Waals surface area contributed by atoms with Gasteiger partial charge >= 0.3 is 0 Å². The summed E-state index contributed by atoms with van der Waals surface area (Å²) < 4.78 is 5.41. The number of aliphatic hydroxyl groups excluding tert-OH is 1. The van der Waals surface area contributed by atoms with Crippen molar-refractivity contribution in [2.75, 3.05) is 32.8 Å². The fourth-order valence-electron chi connectivity index (χ4n) is 2.27. The summed E-state index contributed by atoms with van der Waals surface area (Å²) >= 11 is 0. The van der Waals surface area contributed by atoms with Gasteiger partial charge in [0.25, 0.3) is 0 Å². The minimum absolute atomic E-state index is 0.110. The van der Waals surface area contributed by atoms with E-state index in [4.69, 9.17) is 4.74 Å². The highest BCUT2D eigenvalue weighted by atomic mass is 16.5. The van der Waals surface area contributed by atoms with Crippen LogP contribution in [0.3, 0.4) is 0 Å². The highest BCUT2D eigenvalue weighted by Crippen LogP contribution is 2.27. The van der Waals surface area contributed by atoms with Gasteiger partial charge in [0.15, 0.2) is 0 Å². The fraction of sp³-hybridized carbons (Fsp3) is 1.00. The Bertz CT molecular complexity index is 149. The lowest BCUT2D eigenvalue weighted by atomic mass is 9.85. The third-order valence-corrected chi connectivity index (χ3v) is 3.06. The summed E-state index contributed by atoms with van der Waals surface area (Å²) in [5.41, 5.74) is 0. The van der Waals surface area contributed by atoms with Crippen LogP contribution >= 0.6 is 0 Å². The third-order valence-electron chi connectivity index (χ3n) is 3.06. The highest BCUT2D eigenvalue weighted by molar-refractivity contribution is 4.88. The molecule has 2 atom stereocenters. The summed E-state index contributed by atoms with van der Waals surface area (Å²) in [6.45, 7) is 6.78. The van der Waals surface area contributed by atoms with Crippen LogP contribution in [0.15, 0.2) is 0 Å². The Morgan fingerprint density at radius 3 is 2.42 bits per heavy atom. The first-order chi connectivity index (χ1) is 5.81. The molecule has 2 unspecified atom stereocenters. The summed E-state index contributed by atoms with van der Waals surface area (Å²) in [4.78, 5) is 2.41. The molecular formula is C9H17NO2. The van der Waals surface area contributed by atoms with Crippen LogP contribution in [-0.4, -0.2) is 49.0 Å². The normalized spacial score (nSPS) is 43.0.